The first kappa shape index (κ1) is 24.4. The highest BCUT2D eigenvalue weighted by Gasteiger charge is 2.22. The minimum Gasteiger partial charge on any atom is -0.383 e. The maximum atomic E-state index is 15.2. The lowest BCUT2D eigenvalue weighted by Crippen LogP contribution is -2.31. The molecule has 0 spiro atoms. The number of ether oxygens (including phenoxy) is 1. The lowest BCUT2D eigenvalue weighted by atomic mass is 9.86. The average molecular weight is 489 g/mol. The van der Waals surface area contributed by atoms with Gasteiger partial charge in [-0.2, -0.15) is 4.39 Å². The highest BCUT2D eigenvalue weighted by molar-refractivity contribution is 5.97. The Kier molecular flexibility index (Phi) is 7.03. The summed E-state index contributed by atoms with van der Waals surface area (Å²) in [4.78, 5) is 18.5. The van der Waals surface area contributed by atoms with Gasteiger partial charge in [0.15, 0.2) is 0 Å². The van der Waals surface area contributed by atoms with Crippen LogP contribution in [0.5, 0.6) is 0 Å². The number of anilines is 1. The van der Waals surface area contributed by atoms with Crippen molar-refractivity contribution in [2.45, 2.75) is 38.6 Å². The van der Waals surface area contributed by atoms with E-state index >= 15 is 4.39 Å². The Morgan fingerprint density at radius 3 is 2.61 bits per heavy atom. The number of aromatic nitrogens is 1. The Balaban J connectivity index is 1.56. The number of pyridine rings is 1. The molecule has 0 aliphatic carbocycles. The van der Waals surface area contributed by atoms with Gasteiger partial charge in [-0.1, -0.05) is 31.2 Å². The number of nitrogens with zero attached hydrogens (tertiary/aromatic N) is 2. The van der Waals surface area contributed by atoms with E-state index < -0.39 is 5.95 Å². The maximum Gasteiger partial charge on any atom is 0.251 e. The third kappa shape index (κ3) is 4.86. The second kappa shape index (κ2) is 10.4. The van der Waals surface area contributed by atoms with E-state index in [9.17, 15) is 4.79 Å². The van der Waals surface area contributed by atoms with Crippen molar-refractivity contribution in [3.63, 3.8) is 0 Å². The molecule has 0 bridgehead atoms. The average Bonchev–Trinajstić information content (AvgIpc) is 2.89. The van der Waals surface area contributed by atoms with Gasteiger partial charge in [0.25, 0.3) is 5.91 Å². The number of nitrogen functional groups attached to an aromatic ring is 1. The van der Waals surface area contributed by atoms with Gasteiger partial charge in [-0.05, 0) is 84.8 Å². The molecule has 3 aromatic rings. The summed E-state index contributed by atoms with van der Waals surface area (Å²) in [5, 5.41) is 2.86. The largest absolute Gasteiger partial charge is 0.383 e. The van der Waals surface area contributed by atoms with Gasteiger partial charge in [-0.25, -0.2) is 4.98 Å². The molecule has 3 heterocycles. The first-order chi connectivity index (χ1) is 17.4. The molecule has 1 saturated heterocycles. The molecule has 1 fully saturated rings. The van der Waals surface area contributed by atoms with Crippen molar-refractivity contribution in [3.05, 3.63) is 70.7 Å². The summed E-state index contributed by atoms with van der Waals surface area (Å²) in [7, 11) is 2.10. The first-order valence-corrected chi connectivity index (χ1v) is 12.7. The molecule has 0 saturated carbocycles. The van der Waals surface area contributed by atoms with Crippen molar-refractivity contribution in [3.8, 4) is 22.3 Å². The smallest absolute Gasteiger partial charge is 0.251 e. The van der Waals surface area contributed by atoms with Gasteiger partial charge < -0.3 is 20.7 Å². The molecule has 2 aliphatic heterocycles. The number of hydrogen-bond acceptors (Lipinski definition) is 5. The topological polar surface area (TPSA) is 80.5 Å². The zero-order chi connectivity index (χ0) is 25.2. The van der Waals surface area contributed by atoms with Gasteiger partial charge in [-0.15, -0.1) is 0 Å². The fourth-order valence-electron chi connectivity index (χ4n) is 5.25. The normalized spacial score (nSPS) is 16.2. The first-order valence-electron chi connectivity index (χ1n) is 12.7. The lowest BCUT2D eigenvalue weighted by molar-refractivity contribution is 0.0850. The molecule has 7 heteroatoms. The summed E-state index contributed by atoms with van der Waals surface area (Å²) >= 11 is 0. The summed E-state index contributed by atoms with van der Waals surface area (Å²) in [5.41, 5.74) is 13.1. The van der Waals surface area contributed by atoms with E-state index in [2.05, 4.69) is 41.3 Å². The van der Waals surface area contributed by atoms with Crippen LogP contribution in [-0.4, -0.2) is 49.1 Å². The Morgan fingerprint density at radius 1 is 1.08 bits per heavy atom. The fraction of sp³-hybridized carbons (Fsp3) is 0.379. The maximum absolute atomic E-state index is 15.2. The third-order valence-electron chi connectivity index (χ3n) is 7.44. The summed E-state index contributed by atoms with van der Waals surface area (Å²) in [6, 6.07) is 13.7. The highest BCUT2D eigenvalue weighted by Crippen LogP contribution is 2.36. The molecule has 3 N–H and O–H groups in total. The van der Waals surface area contributed by atoms with Gasteiger partial charge in [0.2, 0.25) is 5.95 Å². The molecule has 2 aromatic carbocycles. The fourth-order valence-corrected chi connectivity index (χ4v) is 5.25. The Labute approximate surface area is 211 Å². The molecule has 1 amide bonds. The summed E-state index contributed by atoms with van der Waals surface area (Å²) < 4.78 is 20.8. The number of benzene rings is 2. The Morgan fingerprint density at radius 2 is 1.83 bits per heavy atom. The molecular weight excluding hydrogens is 455 g/mol. The minimum absolute atomic E-state index is 0.0668. The van der Waals surface area contributed by atoms with Crippen molar-refractivity contribution in [2.75, 3.05) is 39.1 Å². The SMILES string of the molecule is CCN(C)Cc1cc(-c2cc(-c3ccc4c(c3)CCNC4=O)c(N)nc2F)ccc1C1CCOCC1. The summed E-state index contributed by atoms with van der Waals surface area (Å²) in [6.45, 7) is 6.01. The number of nitrogens with two attached hydrogens (primary N) is 1. The van der Waals surface area contributed by atoms with Crippen LogP contribution in [0, 0.1) is 5.95 Å². The van der Waals surface area contributed by atoms with E-state index in [1.165, 1.54) is 11.1 Å². The van der Waals surface area contributed by atoms with Crippen LogP contribution >= 0.6 is 0 Å². The number of rotatable bonds is 6. The number of nitrogens with one attached hydrogen (secondary N) is 1. The monoisotopic (exact) mass is 488 g/mol. The lowest BCUT2D eigenvalue weighted by Gasteiger charge is -2.27. The van der Waals surface area contributed by atoms with Crippen molar-refractivity contribution >= 4 is 11.7 Å². The van der Waals surface area contributed by atoms with Crippen molar-refractivity contribution in [1.29, 1.82) is 0 Å². The third-order valence-corrected chi connectivity index (χ3v) is 7.44. The Bertz CT molecular complexity index is 1290. The number of carbonyl (C=O) groups is 1. The molecule has 6 nitrogen and oxygen atoms in total. The molecule has 0 atom stereocenters. The number of amides is 1. The molecule has 0 unspecified atom stereocenters. The number of hydrogen-bond donors (Lipinski definition) is 2. The predicted molar refractivity (Wildman–Crippen MR) is 140 cm³/mol. The number of fused-ring (bicyclic) bond motifs is 1. The standard InChI is InChI=1S/C29H33FN4O2/c1-3-34(2)17-22-15-19(4-6-23(22)18-9-12-36-13-10-18)25-16-26(28(31)33-27(25)30)20-5-7-24-21(14-20)8-11-32-29(24)35/h4-7,14-16,18H,3,8-13,17H2,1-2H3,(H2,31,33)(H,32,35). The van der Waals surface area contributed by atoms with Crippen LogP contribution < -0.4 is 11.1 Å². The molecule has 2 aliphatic rings. The van der Waals surface area contributed by atoms with Crippen LogP contribution in [0.15, 0.2) is 42.5 Å². The molecule has 5 rings (SSSR count). The molecule has 188 valence electrons. The Hall–Kier alpha value is -3.29. The van der Waals surface area contributed by atoms with Crippen LogP contribution in [-0.2, 0) is 17.7 Å². The van der Waals surface area contributed by atoms with Crippen molar-refractivity contribution in [1.82, 2.24) is 15.2 Å². The minimum atomic E-state index is -0.581. The number of carbonyl (C=O) groups excluding carboxylic acids is 1. The van der Waals surface area contributed by atoms with Gasteiger partial charge in [0.05, 0.1) is 0 Å². The van der Waals surface area contributed by atoms with Crippen LogP contribution in [0.1, 0.15) is 52.7 Å². The van der Waals surface area contributed by atoms with Gasteiger partial charge in [0, 0.05) is 43.0 Å². The summed E-state index contributed by atoms with van der Waals surface area (Å²) in [5.74, 6) is -0.0583. The van der Waals surface area contributed by atoms with Crippen LogP contribution in [0.4, 0.5) is 10.2 Å². The van der Waals surface area contributed by atoms with E-state index in [0.717, 1.165) is 62.3 Å². The second-order valence-corrected chi connectivity index (χ2v) is 9.77. The van der Waals surface area contributed by atoms with Crippen LogP contribution in [0.3, 0.4) is 0 Å². The van der Waals surface area contributed by atoms with E-state index in [-0.39, 0.29) is 11.7 Å². The summed E-state index contributed by atoms with van der Waals surface area (Å²) in [6.07, 6.45) is 2.75. The van der Waals surface area contributed by atoms with Gasteiger partial charge in [0.1, 0.15) is 5.82 Å². The zero-order valence-corrected chi connectivity index (χ0v) is 20.9. The quantitative estimate of drug-likeness (QED) is 0.489. The van der Waals surface area contributed by atoms with Crippen LogP contribution in [0.2, 0.25) is 0 Å². The second-order valence-electron chi connectivity index (χ2n) is 9.77. The highest BCUT2D eigenvalue weighted by atomic mass is 19.1. The molecule has 0 radical (unpaired) electrons. The van der Waals surface area contributed by atoms with Gasteiger partial charge in [-0.3, -0.25) is 4.79 Å². The predicted octanol–water partition coefficient (Wildman–Crippen LogP) is 4.77. The van der Waals surface area contributed by atoms with Crippen LogP contribution in [0.25, 0.3) is 22.3 Å². The van der Waals surface area contributed by atoms with E-state index in [1.807, 2.05) is 24.3 Å². The molecule has 36 heavy (non-hydrogen) atoms. The van der Waals surface area contributed by atoms with E-state index in [0.29, 0.717) is 29.2 Å². The zero-order valence-electron chi connectivity index (χ0n) is 20.9. The van der Waals surface area contributed by atoms with E-state index in [1.54, 1.807) is 6.07 Å². The van der Waals surface area contributed by atoms with Crippen molar-refractivity contribution in [2.24, 2.45) is 0 Å². The number of halogens is 1. The van der Waals surface area contributed by atoms with Crippen molar-refractivity contribution < 1.29 is 13.9 Å². The van der Waals surface area contributed by atoms with Gasteiger partial charge >= 0.3 is 0 Å². The molecular formula is C29H33FN4O2. The van der Waals surface area contributed by atoms with E-state index in [4.69, 9.17) is 10.5 Å². The molecule has 1 aromatic heterocycles.